The molecule has 0 bridgehead atoms. The Balaban J connectivity index is 1.34. The number of nitrogens with one attached hydrogen (secondary N) is 1. The van der Waals surface area contributed by atoms with Crippen molar-refractivity contribution < 1.29 is 19.4 Å². The number of carbonyl (C=O) groups is 2. The number of hydrogen-bond donors (Lipinski definition) is 2. The maximum Gasteiger partial charge on any atom is 0.292 e. The fourth-order valence-corrected chi connectivity index (χ4v) is 4.79. The number of fused-ring (bicyclic) bond motifs is 1. The van der Waals surface area contributed by atoms with Gasteiger partial charge in [-0.2, -0.15) is 0 Å². The summed E-state index contributed by atoms with van der Waals surface area (Å²) in [5.41, 5.74) is 0.890. The molecule has 2 N–H and O–H groups in total. The van der Waals surface area contributed by atoms with E-state index in [9.17, 15) is 14.7 Å². The van der Waals surface area contributed by atoms with Crippen molar-refractivity contribution in [3.8, 4) is 5.75 Å². The molecule has 7 heteroatoms. The molecule has 3 aromatic carbocycles. The van der Waals surface area contributed by atoms with Crippen LogP contribution in [0.4, 0.5) is 0 Å². The third kappa shape index (κ3) is 5.67. The number of carbonyl (C=O) groups excluding carboxylic acids is 2. The Labute approximate surface area is 209 Å². The van der Waals surface area contributed by atoms with Crippen molar-refractivity contribution in [3.63, 3.8) is 0 Å². The fraction of sp³-hybridized carbons (Fsp3) is 0.357. The Kier molecular flexibility index (Phi) is 7.04. The van der Waals surface area contributed by atoms with Crippen molar-refractivity contribution in [3.05, 3.63) is 76.8 Å². The molecule has 2 fully saturated rings. The van der Waals surface area contributed by atoms with Gasteiger partial charge in [0, 0.05) is 12.1 Å². The minimum absolute atomic E-state index is 0.214. The van der Waals surface area contributed by atoms with Crippen molar-refractivity contribution in [2.24, 2.45) is 0 Å². The van der Waals surface area contributed by atoms with Crippen molar-refractivity contribution in [1.29, 1.82) is 0 Å². The predicted molar refractivity (Wildman–Crippen MR) is 136 cm³/mol. The number of aliphatic hydroxyl groups excluding tert-OH is 1. The lowest BCUT2D eigenvalue weighted by molar-refractivity contribution is -0.118. The van der Waals surface area contributed by atoms with Crippen molar-refractivity contribution in [2.75, 3.05) is 19.6 Å². The van der Waals surface area contributed by atoms with Gasteiger partial charge in [-0.3, -0.25) is 9.59 Å². The van der Waals surface area contributed by atoms with Gasteiger partial charge in [0.2, 0.25) is 5.78 Å². The molecule has 182 valence electrons. The number of nitrogens with zero attached hydrogens (tertiary/aromatic N) is 1. The molecule has 0 aromatic heterocycles. The van der Waals surface area contributed by atoms with Gasteiger partial charge in [-0.1, -0.05) is 54.1 Å². The van der Waals surface area contributed by atoms with Gasteiger partial charge in [0.15, 0.2) is 0 Å². The Hall–Kier alpha value is -2.93. The number of amides is 1. The highest BCUT2D eigenvalue weighted by Gasteiger charge is 2.30. The first-order valence-corrected chi connectivity index (χ1v) is 12.6. The molecule has 0 unspecified atom stereocenters. The molecule has 1 saturated carbocycles. The van der Waals surface area contributed by atoms with E-state index in [-0.39, 0.29) is 6.10 Å². The summed E-state index contributed by atoms with van der Waals surface area (Å²) in [6.07, 6.45) is 3.38. The van der Waals surface area contributed by atoms with Crippen molar-refractivity contribution in [1.82, 2.24) is 10.2 Å². The molecule has 1 aliphatic heterocycles. The van der Waals surface area contributed by atoms with E-state index in [1.165, 1.54) is 0 Å². The Bertz CT molecular complexity index is 1240. The van der Waals surface area contributed by atoms with Gasteiger partial charge in [-0.25, -0.2) is 0 Å². The van der Waals surface area contributed by atoms with Crippen LogP contribution in [0.1, 0.15) is 47.7 Å². The van der Waals surface area contributed by atoms with Crippen molar-refractivity contribution in [2.45, 2.75) is 43.9 Å². The number of rotatable bonds is 9. The van der Waals surface area contributed by atoms with Gasteiger partial charge in [-0.15, -0.1) is 0 Å². The number of ketones is 1. The number of hydrogen-bond acceptors (Lipinski definition) is 5. The molecular formula is C28H29ClN2O4. The summed E-state index contributed by atoms with van der Waals surface area (Å²) in [4.78, 5) is 28.2. The van der Waals surface area contributed by atoms with Gasteiger partial charge in [0.1, 0.15) is 11.9 Å². The van der Waals surface area contributed by atoms with E-state index in [1.54, 1.807) is 30.3 Å². The lowest BCUT2D eigenvalue weighted by atomic mass is 10.00. The smallest absolute Gasteiger partial charge is 0.292 e. The van der Waals surface area contributed by atoms with Crippen molar-refractivity contribution >= 4 is 34.1 Å². The zero-order chi connectivity index (χ0) is 24.4. The zero-order valence-corrected chi connectivity index (χ0v) is 20.2. The summed E-state index contributed by atoms with van der Waals surface area (Å²) >= 11 is 6.42. The molecule has 2 aliphatic rings. The minimum Gasteiger partial charge on any atom is -0.489 e. The van der Waals surface area contributed by atoms with Crippen LogP contribution in [0, 0.1) is 0 Å². The number of aliphatic hydroxyl groups is 1. The molecule has 5 rings (SSSR count). The first-order valence-electron chi connectivity index (χ1n) is 12.2. The second-order valence-electron chi connectivity index (χ2n) is 9.43. The molecule has 6 nitrogen and oxygen atoms in total. The molecule has 35 heavy (non-hydrogen) atoms. The maximum absolute atomic E-state index is 13.0. The van der Waals surface area contributed by atoms with Gasteiger partial charge < -0.3 is 20.1 Å². The number of halogens is 1. The number of ether oxygens (including phenoxy) is 1. The zero-order valence-electron chi connectivity index (χ0n) is 19.5. The standard InChI is InChI=1S/C28H29ClN2O4/c29-23-16-21(9-12-25(23)35-22-10-11-22)26(32)24(17-31-13-3-4-14-31)30-28(34)27(33)20-8-7-18-5-1-2-6-19(18)15-20/h1-2,5-9,12,15-16,22,24,26,32H,3-4,10-11,13-14,17H2,(H,30,34)/t24-,26-/m1/s1. The highest BCUT2D eigenvalue weighted by atomic mass is 35.5. The van der Waals surface area contributed by atoms with E-state index < -0.39 is 23.8 Å². The normalized spacial score (nSPS) is 17.8. The van der Waals surface area contributed by atoms with E-state index in [4.69, 9.17) is 16.3 Å². The van der Waals surface area contributed by atoms with Crippen LogP contribution in [-0.2, 0) is 4.79 Å². The average Bonchev–Trinajstić information content (AvgIpc) is 3.55. The molecule has 0 spiro atoms. The van der Waals surface area contributed by atoms with E-state index in [1.807, 2.05) is 30.3 Å². The second kappa shape index (κ2) is 10.4. The first kappa shape index (κ1) is 23.8. The summed E-state index contributed by atoms with van der Waals surface area (Å²) in [6.45, 7) is 2.23. The minimum atomic E-state index is -1.03. The lowest BCUT2D eigenvalue weighted by Gasteiger charge is -2.28. The fourth-order valence-electron chi connectivity index (χ4n) is 4.56. The number of likely N-dealkylation sites (tertiary alicyclic amines) is 1. The van der Waals surface area contributed by atoms with Crippen LogP contribution in [-0.4, -0.2) is 53.5 Å². The monoisotopic (exact) mass is 492 g/mol. The summed E-state index contributed by atoms with van der Waals surface area (Å²) < 4.78 is 5.80. The number of Topliss-reactive ketones (excluding diaryl/α,β-unsaturated/α-hetero) is 1. The summed E-state index contributed by atoms with van der Waals surface area (Å²) in [5, 5.41) is 16.4. The van der Waals surface area contributed by atoms with E-state index in [0.717, 1.165) is 49.5 Å². The quantitative estimate of drug-likeness (QED) is 0.339. The highest BCUT2D eigenvalue weighted by molar-refractivity contribution is 6.43. The summed E-state index contributed by atoms with van der Waals surface area (Å²) in [6, 6.07) is 17.4. The van der Waals surface area contributed by atoms with Gasteiger partial charge in [0.05, 0.1) is 17.2 Å². The Morgan fingerprint density at radius 1 is 1.03 bits per heavy atom. The Morgan fingerprint density at radius 2 is 1.77 bits per heavy atom. The number of benzene rings is 3. The van der Waals surface area contributed by atoms with Crippen LogP contribution in [0.3, 0.4) is 0 Å². The Morgan fingerprint density at radius 3 is 2.49 bits per heavy atom. The third-order valence-electron chi connectivity index (χ3n) is 6.68. The summed E-state index contributed by atoms with van der Waals surface area (Å²) in [7, 11) is 0. The molecule has 3 aromatic rings. The predicted octanol–water partition coefficient (Wildman–Crippen LogP) is 4.53. The lowest BCUT2D eigenvalue weighted by Crippen LogP contribution is -2.48. The van der Waals surface area contributed by atoms with Crippen LogP contribution in [0.2, 0.25) is 5.02 Å². The van der Waals surface area contributed by atoms with Gasteiger partial charge >= 0.3 is 0 Å². The molecule has 1 saturated heterocycles. The van der Waals surface area contributed by atoms with Crippen LogP contribution in [0.5, 0.6) is 5.75 Å². The third-order valence-corrected chi connectivity index (χ3v) is 6.98. The van der Waals surface area contributed by atoms with E-state index in [0.29, 0.717) is 28.4 Å². The molecule has 1 amide bonds. The average molecular weight is 493 g/mol. The topological polar surface area (TPSA) is 78.9 Å². The second-order valence-corrected chi connectivity index (χ2v) is 9.84. The van der Waals surface area contributed by atoms with Gasteiger partial charge in [0.25, 0.3) is 5.91 Å². The van der Waals surface area contributed by atoms with Gasteiger partial charge in [-0.05, 0) is 73.3 Å². The largest absolute Gasteiger partial charge is 0.489 e. The van der Waals surface area contributed by atoms with E-state index >= 15 is 0 Å². The molecule has 2 atom stereocenters. The highest BCUT2D eigenvalue weighted by Crippen LogP contribution is 2.34. The van der Waals surface area contributed by atoms with E-state index in [2.05, 4.69) is 10.2 Å². The molecule has 0 radical (unpaired) electrons. The van der Waals surface area contributed by atoms with Crippen LogP contribution < -0.4 is 10.1 Å². The summed E-state index contributed by atoms with van der Waals surface area (Å²) in [5.74, 6) is -0.763. The first-order chi connectivity index (χ1) is 17.0. The molecule has 1 heterocycles. The van der Waals surface area contributed by atoms with Crippen LogP contribution in [0.15, 0.2) is 60.7 Å². The van der Waals surface area contributed by atoms with Crippen LogP contribution in [0.25, 0.3) is 10.8 Å². The molecule has 1 aliphatic carbocycles. The maximum atomic E-state index is 13.0. The van der Waals surface area contributed by atoms with Crippen LogP contribution >= 0.6 is 11.6 Å². The molecular weight excluding hydrogens is 464 g/mol. The SMILES string of the molecule is O=C(N[C@H](CN1CCCC1)[C@H](O)c1ccc(OC2CC2)c(Cl)c1)C(=O)c1ccc2ccccc2c1.